The lowest BCUT2D eigenvalue weighted by Crippen LogP contribution is -2.19. The summed E-state index contributed by atoms with van der Waals surface area (Å²) < 4.78 is 38.8. The summed E-state index contributed by atoms with van der Waals surface area (Å²) in [6.45, 7) is 0. The average Bonchev–Trinajstić information content (AvgIpc) is 2.52. The summed E-state index contributed by atoms with van der Waals surface area (Å²) in [5.41, 5.74) is -1.51. The van der Waals surface area contributed by atoms with Gasteiger partial charge in [0, 0.05) is 25.5 Å². The van der Waals surface area contributed by atoms with Crippen LogP contribution in [0, 0.1) is 11.3 Å². The van der Waals surface area contributed by atoms with Crippen molar-refractivity contribution >= 4 is 17.8 Å². The molecule has 0 fully saturated rings. The maximum Gasteiger partial charge on any atom is 0.417 e. The minimum Gasteiger partial charge on any atom is -0.378 e. The van der Waals surface area contributed by atoms with Crippen molar-refractivity contribution in [3.05, 3.63) is 63.1 Å². The number of benzene rings is 1. The Kier molecular flexibility index (Phi) is 4.79. The van der Waals surface area contributed by atoms with Crippen LogP contribution in [-0.4, -0.2) is 19.1 Å². The summed E-state index contributed by atoms with van der Waals surface area (Å²) in [6, 6.07) is 9.38. The van der Waals surface area contributed by atoms with E-state index in [1.54, 1.807) is 18.2 Å². The topological polar surface area (TPSA) is 59.9 Å². The Morgan fingerprint density at radius 2 is 1.79 bits per heavy atom. The first-order chi connectivity index (χ1) is 11.2. The summed E-state index contributed by atoms with van der Waals surface area (Å²) in [5, 5.41) is 8.74. The van der Waals surface area contributed by atoms with Gasteiger partial charge in [-0.3, -0.25) is 4.79 Å². The van der Waals surface area contributed by atoms with Crippen molar-refractivity contribution in [3.8, 4) is 6.07 Å². The fourth-order valence-corrected chi connectivity index (χ4v) is 2.07. The van der Waals surface area contributed by atoms with Crippen molar-refractivity contribution in [2.24, 2.45) is 0 Å². The number of hydrogen-bond acceptors (Lipinski definition) is 3. The second-order valence-corrected chi connectivity index (χ2v) is 5.27. The molecule has 0 spiro atoms. The quantitative estimate of drug-likeness (QED) is 0.935. The van der Waals surface area contributed by atoms with E-state index in [1.165, 1.54) is 12.1 Å². The monoisotopic (exact) mass is 333 g/mol. The van der Waals surface area contributed by atoms with E-state index in [-0.39, 0.29) is 5.69 Å². The minimum absolute atomic E-state index is 0.0250. The van der Waals surface area contributed by atoms with Gasteiger partial charge in [-0.2, -0.15) is 18.4 Å². The van der Waals surface area contributed by atoms with Crippen molar-refractivity contribution in [2.75, 3.05) is 19.0 Å². The number of aromatic amines is 1. The van der Waals surface area contributed by atoms with Crippen LogP contribution in [0.5, 0.6) is 0 Å². The molecule has 24 heavy (non-hydrogen) atoms. The van der Waals surface area contributed by atoms with Gasteiger partial charge in [0.2, 0.25) is 0 Å². The number of nitriles is 1. The largest absolute Gasteiger partial charge is 0.417 e. The lowest BCUT2D eigenvalue weighted by Gasteiger charge is -2.11. The third-order valence-corrected chi connectivity index (χ3v) is 3.34. The molecule has 0 aliphatic heterocycles. The zero-order valence-electron chi connectivity index (χ0n) is 13.0. The molecule has 7 heteroatoms. The highest BCUT2D eigenvalue weighted by atomic mass is 19.4. The van der Waals surface area contributed by atoms with Gasteiger partial charge in [-0.05, 0) is 29.8 Å². The van der Waals surface area contributed by atoms with Crippen LogP contribution >= 0.6 is 0 Å². The van der Waals surface area contributed by atoms with Crippen LogP contribution < -0.4 is 10.5 Å². The van der Waals surface area contributed by atoms with E-state index < -0.39 is 22.9 Å². The Labute approximate surface area is 136 Å². The molecular formula is C17H14F3N3O. The Hall–Kier alpha value is -3.01. The van der Waals surface area contributed by atoms with Crippen LogP contribution in [0.4, 0.5) is 18.9 Å². The zero-order chi connectivity index (χ0) is 17.9. The molecule has 1 heterocycles. The molecule has 0 radical (unpaired) electrons. The van der Waals surface area contributed by atoms with Crippen molar-refractivity contribution < 1.29 is 13.2 Å². The number of nitrogens with one attached hydrogen (secondary N) is 1. The molecule has 1 N–H and O–H groups in total. The molecule has 1 aromatic heterocycles. The Morgan fingerprint density at radius 3 is 2.29 bits per heavy atom. The molecule has 1 aromatic carbocycles. The Balaban J connectivity index is 2.38. The number of anilines is 1. The maximum absolute atomic E-state index is 12.9. The van der Waals surface area contributed by atoms with Crippen molar-refractivity contribution in [1.29, 1.82) is 5.26 Å². The van der Waals surface area contributed by atoms with Gasteiger partial charge in [0.1, 0.15) is 11.6 Å². The number of hydrogen-bond donors (Lipinski definition) is 1. The summed E-state index contributed by atoms with van der Waals surface area (Å²) in [6.07, 6.45) is -1.82. The molecule has 0 atom stereocenters. The van der Waals surface area contributed by atoms with Crippen LogP contribution in [0.1, 0.15) is 22.4 Å². The van der Waals surface area contributed by atoms with Gasteiger partial charge in [-0.25, -0.2) is 0 Å². The van der Waals surface area contributed by atoms with Crippen LogP contribution in [0.3, 0.4) is 0 Å². The fourth-order valence-electron chi connectivity index (χ4n) is 2.07. The lowest BCUT2D eigenvalue weighted by atomic mass is 10.1. The number of rotatable bonds is 3. The molecule has 124 valence electrons. The third-order valence-electron chi connectivity index (χ3n) is 3.34. The fraction of sp³-hybridized carbons (Fsp3) is 0.176. The van der Waals surface area contributed by atoms with Crippen molar-refractivity contribution in [1.82, 2.24) is 4.98 Å². The van der Waals surface area contributed by atoms with E-state index in [4.69, 9.17) is 5.26 Å². The summed E-state index contributed by atoms with van der Waals surface area (Å²) >= 11 is 0. The predicted molar refractivity (Wildman–Crippen MR) is 86.5 cm³/mol. The van der Waals surface area contributed by atoms with E-state index >= 15 is 0 Å². The van der Waals surface area contributed by atoms with Crippen molar-refractivity contribution in [3.63, 3.8) is 0 Å². The van der Waals surface area contributed by atoms with E-state index in [2.05, 4.69) is 4.98 Å². The molecule has 0 aliphatic carbocycles. The molecule has 0 amide bonds. The van der Waals surface area contributed by atoms with Gasteiger partial charge in [-0.15, -0.1) is 0 Å². The lowest BCUT2D eigenvalue weighted by molar-refractivity contribution is -0.137. The van der Waals surface area contributed by atoms with Gasteiger partial charge in [0.25, 0.3) is 5.56 Å². The normalized spacial score (nSPS) is 11.5. The van der Waals surface area contributed by atoms with Gasteiger partial charge in [-0.1, -0.05) is 18.2 Å². The third kappa shape index (κ3) is 3.84. The van der Waals surface area contributed by atoms with Crippen LogP contribution in [0.2, 0.25) is 0 Å². The van der Waals surface area contributed by atoms with E-state index in [9.17, 15) is 18.0 Å². The summed E-state index contributed by atoms with van der Waals surface area (Å²) in [5.74, 6) is 0. The molecule has 2 rings (SSSR count). The SMILES string of the molecule is CN(C)c1ccc(C=Cc2cc(C(F)(F)F)c(C#N)c(=O)[nH]2)cc1. The molecule has 4 nitrogen and oxygen atoms in total. The van der Waals surface area contributed by atoms with Gasteiger partial charge < -0.3 is 9.88 Å². The smallest absolute Gasteiger partial charge is 0.378 e. The first-order valence-corrected chi connectivity index (χ1v) is 6.92. The standard InChI is InChI=1S/C17H14F3N3O/c1-23(2)13-7-4-11(5-8-13)3-6-12-9-15(17(18,19)20)14(10-21)16(24)22-12/h3-9H,1-2H3,(H,22,24). The number of nitrogens with zero attached hydrogens (tertiary/aromatic N) is 2. The highest BCUT2D eigenvalue weighted by Gasteiger charge is 2.35. The van der Waals surface area contributed by atoms with Crippen LogP contribution in [0.15, 0.2) is 35.1 Å². The maximum atomic E-state index is 12.9. The predicted octanol–water partition coefficient (Wildman–Crippen LogP) is 3.50. The second-order valence-electron chi connectivity index (χ2n) is 5.27. The Bertz CT molecular complexity index is 857. The first kappa shape index (κ1) is 17.3. The van der Waals surface area contributed by atoms with Gasteiger partial charge >= 0.3 is 6.18 Å². The summed E-state index contributed by atoms with van der Waals surface area (Å²) in [7, 11) is 3.79. The van der Waals surface area contributed by atoms with E-state index in [1.807, 2.05) is 31.1 Å². The number of aromatic nitrogens is 1. The number of halogens is 3. The van der Waals surface area contributed by atoms with Gasteiger partial charge in [0.05, 0.1) is 5.56 Å². The van der Waals surface area contributed by atoms with Crippen LogP contribution in [-0.2, 0) is 6.18 Å². The van der Waals surface area contributed by atoms with E-state index in [0.29, 0.717) is 0 Å². The van der Waals surface area contributed by atoms with Gasteiger partial charge in [0.15, 0.2) is 0 Å². The molecule has 0 aliphatic rings. The first-order valence-electron chi connectivity index (χ1n) is 6.92. The Morgan fingerprint density at radius 1 is 1.17 bits per heavy atom. The second kappa shape index (κ2) is 6.62. The molecule has 0 unspecified atom stereocenters. The summed E-state index contributed by atoms with van der Waals surface area (Å²) in [4.78, 5) is 15.8. The van der Waals surface area contributed by atoms with E-state index in [0.717, 1.165) is 17.3 Å². The molecule has 2 aromatic rings. The molecule has 0 bridgehead atoms. The van der Waals surface area contributed by atoms with Crippen molar-refractivity contribution in [2.45, 2.75) is 6.18 Å². The highest BCUT2D eigenvalue weighted by Crippen LogP contribution is 2.31. The molecule has 0 saturated carbocycles. The molecule has 0 saturated heterocycles. The number of H-pyrrole nitrogens is 1. The highest BCUT2D eigenvalue weighted by molar-refractivity contribution is 5.69. The minimum atomic E-state index is -4.77. The number of alkyl halides is 3. The zero-order valence-corrected chi connectivity index (χ0v) is 13.0. The number of pyridine rings is 1. The van der Waals surface area contributed by atoms with Crippen LogP contribution in [0.25, 0.3) is 12.2 Å². The molecular weight excluding hydrogens is 319 g/mol. The average molecular weight is 333 g/mol.